The van der Waals surface area contributed by atoms with Gasteiger partial charge in [0.05, 0.1) is 11.9 Å². The summed E-state index contributed by atoms with van der Waals surface area (Å²) < 4.78 is 1.43. The first-order valence-electron chi connectivity index (χ1n) is 7.18. The Morgan fingerprint density at radius 1 is 1.26 bits per heavy atom. The van der Waals surface area contributed by atoms with Crippen molar-refractivity contribution in [2.45, 2.75) is 19.9 Å². The highest BCUT2D eigenvalue weighted by Gasteiger charge is 2.23. The van der Waals surface area contributed by atoms with Crippen molar-refractivity contribution in [2.75, 3.05) is 0 Å². The van der Waals surface area contributed by atoms with Gasteiger partial charge in [-0.1, -0.05) is 37.3 Å². The third-order valence-electron chi connectivity index (χ3n) is 3.71. The first kappa shape index (κ1) is 15.3. The highest BCUT2D eigenvalue weighted by molar-refractivity contribution is 7.18. The molecule has 0 atom stereocenters. The first-order valence-corrected chi connectivity index (χ1v) is 8.00. The zero-order valence-corrected chi connectivity index (χ0v) is 13.3. The average molecular weight is 329 g/mol. The topological polar surface area (TPSA) is 79.5 Å². The lowest BCUT2D eigenvalue weighted by Crippen LogP contribution is -2.26. The van der Waals surface area contributed by atoms with Crippen LogP contribution in [0.15, 0.2) is 41.2 Å². The predicted molar refractivity (Wildman–Crippen MR) is 89.6 cm³/mol. The number of pyridine rings is 1. The molecule has 0 aliphatic heterocycles. The fourth-order valence-corrected chi connectivity index (χ4v) is 3.63. The molecule has 0 saturated carbocycles. The molecule has 2 N–H and O–H groups in total. The van der Waals surface area contributed by atoms with Crippen LogP contribution in [-0.2, 0) is 13.0 Å². The van der Waals surface area contributed by atoms with Crippen LogP contribution in [0.4, 0.5) is 0 Å². The van der Waals surface area contributed by atoms with E-state index in [9.17, 15) is 19.8 Å². The van der Waals surface area contributed by atoms with E-state index in [1.165, 1.54) is 15.9 Å². The lowest BCUT2D eigenvalue weighted by atomic mass is 10.1. The molecule has 0 fully saturated rings. The minimum Gasteiger partial charge on any atom is -0.506 e. The number of carbonyl (C=O) groups is 1. The number of nitrogens with zero attached hydrogens (tertiary/aromatic N) is 1. The van der Waals surface area contributed by atoms with Crippen LogP contribution in [0.25, 0.3) is 10.2 Å². The summed E-state index contributed by atoms with van der Waals surface area (Å²) in [6, 6.07) is 11.1. The molecular formula is C17H15NO4S. The molecule has 6 heteroatoms. The SMILES string of the molecule is CCc1cc2c(O)c(C(=O)O)c(=O)n(Cc3ccccc3)c2s1. The van der Waals surface area contributed by atoms with E-state index in [4.69, 9.17) is 0 Å². The fraction of sp³-hybridized carbons (Fsp3) is 0.176. The van der Waals surface area contributed by atoms with Crippen LogP contribution >= 0.6 is 11.3 Å². The highest BCUT2D eigenvalue weighted by Crippen LogP contribution is 2.33. The molecule has 0 spiro atoms. The maximum Gasteiger partial charge on any atom is 0.345 e. The van der Waals surface area contributed by atoms with Crippen molar-refractivity contribution in [3.05, 3.63) is 62.8 Å². The zero-order valence-electron chi connectivity index (χ0n) is 12.4. The van der Waals surface area contributed by atoms with Gasteiger partial charge in [-0.15, -0.1) is 11.3 Å². The third-order valence-corrected chi connectivity index (χ3v) is 5.01. The van der Waals surface area contributed by atoms with E-state index in [2.05, 4.69) is 0 Å². The number of aromatic carboxylic acids is 1. The molecule has 23 heavy (non-hydrogen) atoms. The second-order valence-electron chi connectivity index (χ2n) is 5.19. The number of benzene rings is 1. The van der Waals surface area contributed by atoms with Crippen LogP contribution in [0.5, 0.6) is 5.75 Å². The van der Waals surface area contributed by atoms with Gasteiger partial charge >= 0.3 is 5.97 Å². The van der Waals surface area contributed by atoms with Gasteiger partial charge in [-0.3, -0.25) is 9.36 Å². The number of fused-ring (bicyclic) bond motifs is 1. The Hall–Kier alpha value is -2.60. The minimum atomic E-state index is -1.42. The summed E-state index contributed by atoms with van der Waals surface area (Å²) in [4.78, 5) is 25.6. The lowest BCUT2D eigenvalue weighted by molar-refractivity contribution is 0.0691. The molecule has 3 rings (SSSR count). The Morgan fingerprint density at radius 3 is 2.57 bits per heavy atom. The van der Waals surface area contributed by atoms with E-state index >= 15 is 0 Å². The molecule has 1 aromatic carbocycles. The standard InChI is InChI=1S/C17H15NO4S/c1-2-11-8-12-14(19)13(17(21)22)15(20)18(16(12)23-11)9-10-6-4-3-5-7-10/h3-8,19H,2,9H2,1H3,(H,21,22). The second kappa shape index (κ2) is 5.89. The van der Waals surface area contributed by atoms with E-state index in [0.717, 1.165) is 16.9 Å². The van der Waals surface area contributed by atoms with Gasteiger partial charge < -0.3 is 10.2 Å². The zero-order chi connectivity index (χ0) is 16.6. The normalized spacial score (nSPS) is 11.0. The molecule has 0 aliphatic rings. The number of aromatic hydroxyl groups is 1. The van der Waals surface area contributed by atoms with Crippen LogP contribution in [0, 0.1) is 0 Å². The van der Waals surface area contributed by atoms with Gasteiger partial charge in [-0.05, 0) is 18.1 Å². The van der Waals surface area contributed by atoms with Crippen molar-refractivity contribution < 1.29 is 15.0 Å². The van der Waals surface area contributed by atoms with Crippen LogP contribution in [0.3, 0.4) is 0 Å². The Labute approximate surface area is 136 Å². The second-order valence-corrected chi connectivity index (χ2v) is 6.31. The first-order chi connectivity index (χ1) is 11.0. The predicted octanol–water partition coefficient (Wildman–Crippen LogP) is 3.08. The molecule has 2 heterocycles. The molecule has 0 radical (unpaired) electrons. The van der Waals surface area contributed by atoms with Crippen LogP contribution in [-0.4, -0.2) is 20.7 Å². The summed E-state index contributed by atoms with van der Waals surface area (Å²) >= 11 is 1.40. The molecule has 0 bridgehead atoms. The minimum absolute atomic E-state index is 0.264. The largest absolute Gasteiger partial charge is 0.506 e. The van der Waals surface area contributed by atoms with Gasteiger partial charge in [0.2, 0.25) is 0 Å². The van der Waals surface area contributed by atoms with Gasteiger partial charge in [0, 0.05) is 4.88 Å². The van der Waals surface area contributed by atoms with Crippen molar-refractivity contribution in [3.8, 4) is 5.75 Å². The van der Waals surface area contributed by atoms with Crippen LogP contribution in [0.2, 0.25) is 0 Å². The summed E-state index contributed by atoms with van der Waals surface area (Å²) in [6.07, 6.45) is 0.751. The number of carboxylic acid groups (broad SMARTS) is 1. The van der Waals surface area contributed by atoms with E-state index in [-0.39, 0.29) is 6.54 Å². The van der Waals surface area contributed by atoms with Crippen LogP contribution < -0.4 is 5.56 Å². The number of aryl methyl sites for hydroxylation is 1. The number of rotatable bonds is 4. The maximum absolute atomic E-state index is 12.6. The summed E-state index contributed by atoms with van der Waals surface area (Å²) in [7, 11) is 0. The van der Waals surface area contributed by atoms with Crippen molar-refractivity contribution in [1.29, 1.82) is 0 Å². The van der Waals surface area contributed by atoms with Crippen molar-refractivity contribution in [1.82, 2.24) is 4.57 Å². The molecule has 0 saturated heterocycles. The van der Waals surface area contributed by atoms with Gasteiger partial charge in [-0.25, -0.2) is 4.79 Å². The number of hydrogen-bond donors (Lipinski definition) is 2. The molecule has 2 aromatic heterocycles. The average Bonchev–Trinajstić information content (AvgIpc) is 2.97. The van der Waals surface area contributed by atoms with Crippen molar-refractivity contribution in [2.24, 2.45) is 0 Å². The van der Waals surface area contributed by atoms with Crippen LogP contribution in [0.1, 0.15) is 27.7 Å². The summed E-state index contributed by atoms with van der Waals surface area (Å²) in [5, 5.41) is 19.9. The van der Waals surface area contributed by atoms with Gasteiger partial charge in [0.15, 0.2) is 5.56 Å². The number of thiophene rings is 1. The molecule has 0 amide bonds. The van der Waals surface area contributed by atoms with E-state index in [0.29, 0.717) is 10.2 Å². The highest BCUT2D eigenvalue weighted by atomic mass is 32.1. The summed E-state index contributed by atoms with van der Waals surface area (Å²) in [5.74, 6) is -1.86. The number of hydrogen-bond acceptors (Lipinski definition) is 4. The third kappa shape index (κ3) is 2.61. The summed E-state index contributed by atoms with van der Waals surface area (Å²) in [6.45, 7) is 2.24. The Kier molecular flexibility index (Phi) is 3.92. The van der Waals surface area contributed by atoms with Gasteiger partial charge in [0.25, 0.3) is 5.56 Å². The van der Waals surface area contributed by atoms with Gasteiger partial charge in [-0.2, -0.15) is 0 Å². The lowest BCUT2D eigenvalue weighted by Gasteiger charge is -2.10. The fourth-order valence-electron chi connectivity index (χ4n) is 2.54. The van der Waals surface area contributed by atoms with Crippen molar-refractivity contribution in [3.63, 3.8) is 0 Å². The number of aromatic nitrogens is 1. The maximum atomic E-state index is 12.6. The summed E-state index contributed by atoms with van der Waals surface area (Å²) in [5.41, 5.74) is -0.367. The van der Waals surface area contributed by atoms with Gasteiger partial charge in [0.1, 0.15) is 10.6 Å². The van der Waals surface area contributed by atoms with E-state index in [1.807, 2.05) is 37.3 Å². The Morgan fingerprint density at radius 2 is 1.96 bits per heavy atom. The molecule has 0 aliphatic carbocycles. The smallest absolute Gasteiger partial charge is 0.345 e. The molecule has 118 valence electrons. The molecule has 5 nitrogen and oxygen atoms in total. The Balaban J connectivity index is 2.32. The molecular weight excluding hydrogens is 314 g/mol. The van der Waals surface area contributed by atoms with Crippen molar-refractivity contribution >= 4 is 27.5 Å². The monoisotopic (exact) mass is 329 g/mol. The van der Waals surface area contributed by atoms with E-state index in [1.54, 1.807) is 6.07 Å². The quantitative estimate of drug-likeness (QED) is 0.771. The molecule has 3 aromatic rings. The Bertz CT molecular complexity index is 941. The molecule has 0 unspecified atom stereocenters. The number of carboxylic acids is 1. The van der Waals surface area contributed by atoms with E-state index < -0.39 is 22.8 Å².